The smallest absolute Gasteiger partial charge is 0.249 e. The number of nitrogens with one attached hydrogen (secondary N) is 1. The van der Waals surface area contributed by atoms with Crippen molar-refractivity contribution in [2.45, 2.75) is 351 Å². The lowest BCUT2D eigenvalue weighted by molar-refractivity contribution is -0.303. The lowest BCUT2D eigenvalue weighted by Crippen LogP contribution is -2.60. The highest BCUT2D eigenvalue weighted by Gasteiger charge is 2.44. The molecule has 1 aliphatic rings. The number of unbranched alkanes of at least 4 members (excludes halogenated alkanes) is 37. The molecule has 0 aliphatic carbocycles. The second kappa shape index (κ2) is 53.0. The average molecular weight is 1060 g/mol. The van der Waals surface area contributed by atoms with Gasteiger partial charge < -0.3 is 50.5 Å². The maximum atomic E-state index is 13.2. The fraction of sp³-hybridized carbons (Fsp3) is 0.891. The van der Waals surface area contributed by atoms with Crippen LogP contribution < -0.4 is 5.32 Å². The quantitative estimate of drug-likeness (QED) is 0.0215. The van der Waals surface area contributed by atoms with Gasteiger partial charge in [-0.3, -0.25) is 4.79 Å². The van der Waals surface area contributed by atoms with Crippen LogP contribution in [-0.4, -0.2) is 110 Å². The molecular weight excluding hydrogens is 943 g/mol. The third-order valence-corrected chi connectivity index (χ3v) is 15.4. The van der Waals surface area contributed by atoms with Crippen LogP contribution in [-0.2, 0) is 14.3 Å². The average Bonchev–Trinajstić information content (AvgIpc) is 3.41. The van der Waals surface area contributed by atoms with E-state index in [1.807, 2.05) is 0 Å². The molecule has 442 valence electrons. The highest BCUT2D eigenvalue weighted by atomic mass is 16.7. The van der Waals surface area contributed by atoms with E-state index in [0.717, 1.165) is 51.4 Å². The van der Waals surface area contributed by atoms with Crippen molar-refractivity contribution in [1.82, 2.24) is 5.32 Å². The van der Waals surface area contributed by atoms with Crippen molar-refractivity contribution in [3.05, 3.63) is 36.5 Å². The van der Waals surface area contributed by atoms with Crippen LogP contribution in [0.5, 0.6) is 0 Å². The van der Waals surface area contributed by atoms with Crippen LogP contribution in [0.3, 0.4) is 0 Å². The molecule has 0 bridgehead atoms. The number of ether oxygens (including phenoxy) is 2. The Morgan fingerprint density at radius 1 is 0.480 bits per heavy atom. The van der Waals surface area contributed by atoms with Crippen LogP contribution >= 0.6 is 0 Å². The summed E-state index contributed by atoms with van der Waals surface area (Å²) in [6.45, 7) is 3.38. The Hall–Kier alpha value is -1.67. The molecule has 0 aromatic heterocycles. The summed E-state index contributed by atoms with van der Waals surface area (Å²) in [5.74, 6) is -0.704. The summed E-state index contributed by atoms with van der Waals surface area (Å²) in [5, 5.41) is 76.3. The summed E-state index contributed by atoms with van der Waals surface area (Å²) in [4.78, 5) is 13.2. The van der Waals surface area contributed by atoms with Crippen LogP contribution in [0.1, 0.15) is 296 Å². The second-order valence-electron chi connectivity index (χ2n) is 22.4. The molecule has 9 unspecified atom stereocenters. The van der Waals surface area contributed by atoms with Gasteiger partial charge in [-0.15, -0.1) is 0 Å². The van der Waals surface area contributed by atoms with E-state index in [2.05, 4.69) is 55.6 Å². The topological polar surface area (TPSA) is 189 Å². The number of aliphatic hydroxyl groups excluding tert-OH is 7. The molecule has 0 spiro atoms. The van der Waals surface area contributed by atoms with Gasteiger partial charge in [0, 0.05) is 0 Å². The van der Waals surface area contributed by atoms with Gasteiger partial charge in [0.1, 0.15) is 36.6 Å². The first-order chi connectivity index (χ1) is 36.7. The molecule has 1 rings (SSSR count). The fourth-order valence-electron chi connectivity index (χ4n) is 10.3. The molecule has 8 N–H and O–H groups in total. The van der Waals surface area contributed by atoms with Crippen molar-refractivity contribution >= 4 is 5.91 Å². The Labute approximate surface area is 460 Å². The van der Waals surface area contributed by atoms with Crippen LogP contribution in [0.4, 0.5) is 0 Å². The van der Waals surface area contributed by atoms with E-state index in [1.165, 1.54) is 205 Å². The molecule has 1 heterocycles. The predicted molar refractivity (Wildman–Crippen MR) is 312 cm³/mol. The Balaban J connectivity index is 2.26. The first-order valence-electron chi connectivity index (χ1n) is 31.9. The van der Waals surface area contributed by atoms with E-state index < -0.39 is 74.2 Å². The van der Waals surface area contributed by atoms with Gasteiger partial charge in [-0.05, 0) is 64.2 Å². The van der Waals surface area contributed by atoms with Crippen molar-refractivity contribution in [3.63, 3.8) is 0 Å². The third kappa shape index (κ3) is 41.1. The minimum atomic E-state index is -1.67. The van der Waals surface area contributed by atoms with Gasteiger partial charge in [0.25, 0.3) is 0 Å². The lowest BCUT2D eigenvalue weighted by Gasteiger charge is -2.40. The van der Waals surface area contributed by atoms with Crippen molar-refractivity contribution < 1.29 is 50.0 Å². The minimum absolute atomic E-state index is 0.253. The van der Waals surface area contributed by atoms with E-state index >= 15 is 0 Å². The highest BCUT2D eigenvalue weighted by molar-refractivity contribution is 5.80. The molecule has 1 amide bonds. The van der Waals surface area contributed by atoms with Crippen LogP contribution in [0.15, 0.2) is 36.5 Å². The molecule has 0 aromatic rings. The third-order valence-electron chi connectivity index (χ3n) is 15.4. The number of hydrogen-bond donors (Lipinski definition) is 8. The zero-order valence-corrected chi connectivity index (χ0v) is 48.5. The molecule has 9 atom stereocenters. The highest BCUT2D eigenvalue weighted by Crippen LogP contribution is 2.24. The number of allylic oxidation sites excluding steroid dienone is 6. The Kier molecular flexibility index (Phi) is 50.4. The molecule has 0 saturated carbocycles. The maximum Gasteiger partial charge on any atom is 0.249 e. The van der Waals surface area contributed by atoms with Crippen LogP contribution in [0.25, 0.3) is 0 Å². The summed E-state index contributed by atoms with van der Waals surface area (Å²) in [5.41, 5.74) is 0. The van der Waals surface area contributed by atoms with E-state index in [-0.39, 0.29) is 12.8 Å². The van der Waals surface area contributed by atoms with E-state index in [0.29, 0.717) is 12.8 Å². The summed E-state index contributed by atoms with van der Waals surface area (Å²) >= 11 is 0. The number of amides is 1. The van der Waals surface area contributed by atoms with Crippen LogP contribution in [0, 0.1) is 0 Å². The molecule has 11 heteroatoms. The Morgan fingerprint density at radius 3 is 1.29 bits per heavy atom. The maximum absolute atomic E-state index is 13.2. The largest absolute Gasteiger partial charge is 0.394 e. The normalized spacial score (nSPS) is 19.9. The molecule has 1 saturated heterocycles. The molecular formula is C64H121NO10. The lowest BCUT2D eigenvalue weighted by atomic mass is 9.98. The fourth-order valence-corrected chi connectivity index (χ4v) is 10.3. The summed E-state index contributed by atoms with van der Waals surface area (Å²) in [7, 11) is 0. The van der Waals surface area contributed by atoms with Crippen molar-refractivity contribution in [2.24, 2.45) is 0 Å². The number of aliphatic hydroxyl groups is 7. The van der Waals surface area contributed by atoms with Crippen LogP contribution in [0.2, 0.25) is 0 Å². The van der Waals surface area contributed by atoms with Gasteiger partial charge in [0.2, 0.25) is 5.91 Å². The Morgan fingerprint density at radius 2 is 0.867 bits per heavy atom. The van der Waals surface area contributed by atoms with Crippen molar-refractivity contribution in [2.75, 3.05) is 13.2 Å². The van der Waals surface area contributed by atoms with Gasteiger partial charge in [-0.2, -0.15) is 0 Å². The van der Waals surface area contributed by atoms with E-state index in [4.69, 9.17) is 9.47 Å². The molecule has 75 heavy (non-hydrogen) atoms. The van der Waals surface area contributed by atoms with Gasteiger partial charge in [0.15, 0.2) is 6.29 Å². The number of carbonyl (C=O) groups is 1. The molecule has 11 nitrogen and oxygen atoms in total. The standard InChI is InChI=1S/C64H121NO10/c1-3-5-7-9-11-13-15-17-19-21-23-25-26-27-28-29-30-31-32-34-35-37-39-41-43-45-47-49-51-56(67)59(69)55(54-74-64-62(72)61(71)60(70)58(53-66)75-64)65-63(73)57(68)52-50-48-46-44-42-40-38-36-33-24-22-20-18-16-14-12-10-8-6-4-2/h6,8,12,14,43,45,55-62,64,66-72H,3-5,7,9-11,13,15-42,44,46-54H2,1-2H3,(H,65,73)/b8-6-,14-12-,45-43+. The minimum Gasteiger partial charge on any atom is -0.394 e. The SMILES string of the molecule is CC/C=C\C/C=C\CCCCCCCCCCCCCCCC(O)C(=O)NC(COC1OC(CO)C(O)C(O)C1O)C(O)C(O)CCC/C=C/CCCCCCCCCCCCCCCCCCCCCCCCC. The zero-order valence-electron chi connectivity index (χ0n) is 48.5. The molecule has 1 aliphatic heterocycles. The second-order valence-corrected chi connectivity index (χ2v) is 22.4. The molecule has 1 fully saturated rings. The van der Waals surface area contributed by atoms with Gasteiger partial charge >= 0.3 is 0 Å². The molecule has 0 radical (unpaired) electrons. The first kappa shape index (κ1) is 71.3. The summed E-state index contributed by atoms with van der Waals surface area (Å²) in [6.07, 6.45) is 55.0. The van der Waals surface area contributed by atoms with E-state index in [1.54, 1.807) is 0 Å². The number of carbonyl (C=O) groups excluding carboxylic acids is 1. The zero-order chi connectivity index (χ0) is 54.7. The predicted octanol–water partition coefficient (Wildman–Crippen LogP) is 14.2. The van der Waals surface area contributed by atoms with Gasteiger partial charge in [-0.25, -0.2) is 0 Å². The monoisotopic (exact) mass is 1060 g/mol. The Bertz CT molecular complexity index is 1310. The van der Waals surface area contributed by atoms with E-state index in [9.17, 15) is 40.5 Å². The van der Waals surface area contributed by atoms with Gasteiger partial charge in [-0.1, -0.05) is 269 Å². The first-order valence-corrected chi connectivity index (χ1v) is 31.9. The van der Waals surface area contributed by atoms with Crippen molar-refractivity contribution in [1.29, 1.82) is 0 Å². The summed E-state index contributed by atoms with van der Waals surface area (Å²) < 4.78 is 11.2. The molecule has 0 aromatic carbocycles. The summed E-state index contributed by atoms with van der Waals surface area (Å²) in [6, 6.07) is -1.19. The van der Waals surface area contributed by atoms with Gasteiger partial charge in [0.05, 0.1) is 25.4 Å². The number of rotatable bonds is 55. The number of hydrogen-bond acceptors (Lipinski definition) is 10. The van der Waals surface area contributed by atoms with Crippen molar-refractivity contribution in [3.8, 4) is 0 Å².